The number of anilines is 1. The molecule has 0 saturated heterocycles. The van der Waals surface area contributed by atoms with E-state index in [4.69, 9.17) is 23.2 Å². The maximum absolute atomic E-state index is 12.9. The van der Waals surface area contributed by atoms with Crippen molar-refractivity contribution in [3.05, 3.63) is 78.6 Å². The Bertz CT molecular complexity index is 898. The standard InChI is InChI=1S/C17H11BrCl2N2OS/c18-10-5-6-15(21-8-11-9-22-17(20)24-11)13(7-10)16(23)12-3-1-2-4-14(12)19/h1-7,9,21H,8H2. The number of aromatic nitrogens is 1. The summed E-state index contributed by atoms with van der Waals surface area (Å²) in [6.45, 7) is 0.537. The van der Waals surface area contributed by atoms with Gasteiger partial charge < -0.3 is 5.32 Å². The molecule has 7 heteroatoms. The fraction of sp³-hybridized carbons (Fsp3) is 0.0588. The van der Waals surface area contributed by atoms with Crippen LogP contribution < -0.4 is 5.32 Å². The largest absolute Gasteiger partial charge is 0.379 e. The summed E-state index contributed by atoms with van der Waals surface area (Å²) in [6.07, 6.45) is 1.72. The fourth-order valence-corrected chi connectivity index (χ4v) is 3.70. The van der Waals surface area contributed by atoms with Gasteiger partial charge in [0.1, 0.15) is 0 Å². The van der Waals surface area contributed by atoms with Gasteiger partial charge in [0.25, 0.3) is 0 Å². The van der Waals surface area contributed by atoms with Crippen LogP contribution in [0.4, 0.5) is 5.69 Å². The normalized spacial score (nSPS) is 10.6. The van der Waals surface area contributed by atoms with Crippen LogP contribution in [0.25, 0.3) is 0 Å². The molecule has 3 rings (SSSR count). The molecule has 1 N–H and O–H groups in total. The van der Waals surface area contributed by atoms with E-state index in [1.165, 1.54) is 11.3 Å². The van der Waals surface area contributed by atoms with E-state index in [9.17, 15) is 4.79 Å². The predicted octanol–water partition coefficient (Wildman–Crippen LogP) is 6.06. The zero-order valence-electron chi connectivity index (χ0n) is 12.2. The molecular weight excluding hydrogens is 431 g/mol. The van der Waals surface area contributed by atoms with Gasteiger partial charge in [0.15, 0.2) is 10.3 Å². The summed E-state index contributed by atoms with van der Waals surface area (Å²) in [6, 6.07) is 12.5. The van der Waals surface area contributed by atoms with Crippen molar-refractivity contribution in [2.45, 2.75) is 6.54 Å². The summed E-state index contributed by atoms with van der Waals surface area (Å²) >= 11 is 16.8. The number of nitrogens with zero attached hydrogens (tertiary/aromatic N) is 1. The Labute approximate surface area is 161 Å². The molecule has 0 atom stereocenters. The summed E-state index contributed by atoms with van der Waals surface area (Å²) in [5.41, 5.74) is 1.75. The maximum Gasteiger partial charge on any atom is 0.196 e. The molecule has 0 aliphatic rings. The zero-order valence-corrected chi connectivity index (χ0v) is 16.1. The molecule has 0 fully saturated rings. The van der Waals surface area contributed by atoms with E-state index in [0.29, 0.717) is 27.2 Å². The monoisotopic (exact) mass is 440 g/mol. The molecular formula is C17H11BrCl2N2OS. The van der Waals surface area contributed by atoms with Gasteiger partial charge in [0.2, 0.25) is 0 Å². The molecule has 0 radical (unpaired) electrons. The molecule has 3 aromatic rings. The Morgan fingerprint density at radius 1 is 1.17 bits per heavy atom. The van der Waals surface area contributed by atoms with Gasteiger partial charge in [-0.2, -0.15) is 0 Å². The third-order valence-corrected chi connectivity index (χ3v) is 5.26. The first-order chi connectivity index (χ1) is 11.5. The first-order valence-electron chi connectivity index (χ1n) is 6.97. The first-order valence-corrected chi connectivity index (χ1v) is 9.34. The quantitative estimate of drug-likeness (QED) is 0.489. The molecule has 0 spiro atoms. The van der Waals surface area contributed by atoms with E-state index in [-0.39, 0.29) is 5.78 Å². The zero-order chi connectivity index (χ0) is 17.1. The SMILES string of the molecule is O=C(c1ccccc1Cl)c1cc(Br)ccc1NCc1cnc(Cl)s1. The Hall–Kier alpha value is -1.40. The van der Waals surface area contributed by atoms with Crippen LogP contribution in [0.3, 0.4) is 0 Å². The minimum absolute atomic E-state index is 0.133. The number of carbonyl (C=O) groups is 1. The third-order valence-electron chi connectivity index (χ3n) is 3.32. The van der Waals surface area contributed by atoms with E-state index in [1.54, 1.807) is 36.5 Å². The highest BCUT2D eigenvalue weighted by Crippen LogP contribution is 2.27. The van der Waals surface area contributed by atoms with Crippen molar-refractivity contribution < 1.29 is 4.79 Å². The number of thiazole rings is 1. The van der Waals surface area contributed by atoms with Gasteiger partial charge in [0, 0.05) is 32.4 Å². The van der Waals surface area contributed by atoms with Crippen molar-refractivity contribution >= 4 is 61.9 Å². The van der Waals surface area contributed by atoms with Crippen molar-refractivity contribution in [3.63, 3.8) is 0 Å². The number of carbonyl (C=O) groups excluding carboxylic acids is 1. The maximum atomic E-state index is 12.9. The van der Waals surface area contributed by atoms with Crippen molar-refractivity contribution in [1.29, 1.82) is 0 Å². The number of nitrogens with one attached hydrogen (secondary N) is 1. The fourth-order valence-electron chi connectivity index (χ4n) is 2.20. The van der Waals surface area contributed by atoms with Gasteiger partial charge >= 0.3 is 0 Å². The molecule has 122 valence electrons. The highest BCUT2D eigenvalue weighted by molar-refractivity contribution is 9.10. The number of ketones is 1. The molecule has 1 aromatic heterocycles. The minimum atomic E-state index is -0.133. The summed E-state index contributed by atoms with van der Waals surface area (Å²) in [4.78, 5) is 17.9. The number of halogens is 3. The number of hydrogen-bond donors (Lipinski definition) is 1. The Balaban J connectivity index is 1.91. The van der Waals surface area contributed by atoms with Crippen molar-refractivity contribution in [1.82, 2.24) is 4.98 Å². The molecule has 0 amide bonds. The summed E-state index contributed by atoms with van der Waals surface area (Å²) in [5, 5.41) is 3.70. The predicted molar refractivity (Wildman–Crippen MR) is 103 cm³/mol. The van der Waals surface area contributed by atoms with Crippen LogP contribution in [0.1, 0.15) is 20.8 Å². The van der Waals surface area contributed by atoms with Crippen LogP contribution in [-0.2, 0) is 6.54 Å². The molecule has 1 heterocycles. The van der Waals surface area contributed by atoms with Gasteiger partial charge in [0.05, 0.1) is 11.6 Å². The summed E-state index contributed by atoms with van der Waals surface area (Å²) in [7, 11) is 0. The van der Waals surface area contributed by atoms with Crippen molar-refractivity contribution in [2.24, 2.45) is 0 Å². The lowest BCUT2D eigenvalue weighted by molar-refractivity contribution is 0.103. The van der Waals surface area contributed by atoms with Crippen LogP contribution in [0.5, 0.6) is 0 Å². The highest BCUT2D eigenvalue weighted by atomic mass is 79.9. The number of benzene rings is 2. The minimum Gasteiger partial charge on any atom is -0.379 e. The Morgan fingerprint density at radius 2 is 1.96 bits per heavy atom. The second-order valence-electron chi connectivity index (χ2n) is 4.93. The van der Waals surface area contributed by atoms with E-state index < -0.39 is 0 Å². The molecule has 0 aliphatic heterocycles. The average Bonchev–Trinajstić information content (AvgIpc) is 2.99. The van der Waals surface area contributed by atoms with Gasteiger partial charge in [-0.1, -0.05) is 51.3 Å². The Morgan fingerprint density at radius 3 is 2.67 bits per heavy atom. The Kier molecular flexibility index (Phi) is 5.56. The van der Waals surface area contributed by atoms with E-state index in [2.05, 4.69) is 26.2 Å². The van der Waals surface area contributed by atoms with Gasteiger partial charge in [-0.25, -0.2) is 4.98 Å². The third kappa shape index (κ3) is 3.98. The van der Waals surface area contributed by atoms with Gasteiger partial charge in [-0.15, -0.1) is 11.3 Å². The van der Waals surface area contributed by atoms with E-state index in [1.807, 2.05) is 12.1 Å². The molecule has 0 aliphatic carbocycles. The number of hydrogen-bond acceptors (Lipinski definition) is 4. The van der Waals surface area contributed by atoms with Crippen LogP contribution in [0.2, 0.25) is 9.49 Å². The van der Waals surface area contributed by atoms with Gasteiger partial charge in [-0.3, -0.25) is 4.79 Å². The van der Waals surface area contributed by atoms with Gasteiger partial charge in [-0.05, 0) is 30.3 Å². The lowest BCUT2D eigenvalue weighted by Gasteiger charge is -2.12. The summed E-state index contributed by atoms with van der Waals surface area (Å²) in [5.74, 6) is -0.133. The molecule has 0 saturated carbocycles. The van der Waals surface area contributed by atoms with E-state index >= 15 is 0 Å². The first kappa shape index (κ1) is 17.4. The molecule has 0 unspecified atom stereocenters. The van der Waals surface area contributed by atoms with Crippen LogP contribution in [0.15, 0.2) is 53.1 Å². The average molecular weight is 442 g/mol. The van der Waals surface area contributed by atoms with Crippen molar-refractivity contribution in [2.75, 3.05) is 5.32 Å². The molecule has 0 bridgehead atoms. The van der Waals surface area contributed by atoms with Crippen LogP contribution in [-0.4, -0.2) is 10.8 Å². The number of rotatable bonds is 5. The molecule has 24 heavy (non-hydrogen) atoms. The second kappa shape index (κ2) is 7.66. The smallest absolute Gasteiger partial charge is 0.196 e. The lowest BCUT2D eigenvalue weighted by atomic mass is 10.0. The van der Waals surface area contributed by atoms with E-state index in [0.717, 1.165) is 15.0 Å². The highest BCUT2D eigenvalue weighted by Gasteiger charge is 2.17. The second-order valence-corrected chi connectivity index (χ2v) is 7.95. The topological polar surface area (TPSA) is 42.0 Å². The van der Waals surface area contributed by atoms with Crippen LogP contribution >= 0.6 is 50.5 Å². The van der Waals surface area contributed by atoms with Crippen LogP contribution in [0, 0.1) is 0 Å². The lowest BCUT2D eigenvalue weighted by Crippen LogP contribution is -2.08. The summed E-state index contributed by atoms with van der Waals surface area (Å²) < 4.78 is 1.32. The van der Waals surface area contributed by atoms with Crippen molar-refractivity contribution in [3.8, 4) is 0 Å². The molecule has 3 nitrogen and oxygen atoms in total. The molecule has 2 aromatic carbocycles.